The quantitative estimate of drug-likeness (QED) is 0.837. The Balaban J connectivity index is 1.93. The SMILES string of the molecule is CCC(NC1CCCc2c1[nH]c1ccccc21)C(C)C. The fourth-order valence-corrected chi connectivity index (χ4v) is 3.62. The minimum Gasteiger partial charge on any atom is -0.357 e. The molecule has 0 aliphatic heterocycles. The second-order valence-electron chi connectivity index (χ2n) is 6.43. The molecule has 1 aromatic heterocycles. The number of para-hydroxylation sites is 1. The number of rotatable bonds is 4. The van der Waals surface area contributed by atoms with Crippen LogP contribution in [-0.4, -0.2) is 11.0 Å². The Hall–Kier alpha value is -1.28. The van der Waals surface area contributed by atoms with Gasteiger partial charge in [-0.05, 0) is 43.2 Å². The van der Waals surface area contributed by atoms with E-state index in [1.165, 1.54) is 42.3 Å². The third-order valence-corrected chi connectivity index (χ3v) is 4.77. The number of aromatic nitrogens is 1. The summed E-state index contributed by atoms with van der Waals surface area (Å²) in [5.74, 6) is 0.690. The van der Waals surface area contributed by atoms with Gasteiger partial charge in [-0.25, -0.2) is 0 Å². The van der Waals surface area contributed by atoms with E-state index >= 15 is 0 Å². The highest BCUT2D eigenvalue weighted by Gasteiger charge is 2.26. The van der Waals surface area contributed by atoms with Crippen molar-refractivity contribution in [1.82, 2.24) is 10.3 Å². The van der Waals surface area contributed by atoms with Crippen LogP contribution in [0.15, 0.2) is 24.3 Å². The first-order chi connectivity index (χ1) is 9.70. The summed E-state index contributed by atoms with van der Waals surface area (Å²) in [4.78, 5) is 3.67. The monoisotopic (exact) mass is 270 g/mol. The number of nitrogens with one attached hydrogen (secondary N) is 2. The van der Waals surface area contributed by atoms with Gasteiger partial charge in [-0.2, -0.15) is 0 Å². The zero-order chi connectivity index (χ0) is 14.1. The Morgan fingerprint density at radius 2 is 2.10 bits per heavy atom. The average Bonchev–Trinajstić information content (AvgIpc) is 2.84. The Morgan fingerprint density at radius 1 is 1.30 bits per heavy atom. The molecule has 2 nitrogen and oxygen atoms in total. The largest absolute Gasteiger partial charge is 0.357 e. The molecule has 1 aliphatic rings. The van der Waals surface area contributed by atoms with E-state index < -0.39 is 0 Å². The van der Waals surface area contributed by atoms with E-state index in [-0.39, 0.29) is 0 Å². The average molecular weight is 270 g/mol. The first kappa shape index (κ1) is 13.7. The predicted octanol–water partition coefficient (Wildman–Crippen LogP) is 4.57. The van der Waals surface area contributed by atoms with Gasteiger partial charge in [0.25, 0.3) is 0 Å². The van der Waals surface area contributed by atoms with Gasteiger partial charge >= 0.3 is 0 Å². The van der Waals surface area contributed by atoms with Crippen molar-refractivity contribution < 1.29 is 0 Å². The smallest absolute Gasteiger partial charge is 0.0478 e. The summed E-state index contributed by atoms with van der Waals surface area (Å²) in [6, 6.07) is 9.83. The number of aryl methyl sites for hydroxylation is 1. The predicted molar refractivity (Wildman–Crippen MR) is 86.0 cm³/mol. The van der Waals surface area contributed by atoms with Crippen LogP contribution in [-0.2, 0) is 6.42 Å². The van der Waals surface area contributed by atoms with Crippen molar-refractivity contribution in [3.63, 3.8) is 0 Å². The van der Waals surface area contributed by atoms with Crippen molar-refractivity contribution in [1.29, 1.82) is 0 Å². The molecule has 2 heteroatoms. The zero-order valence-electron chi connectivity index (χ0n) is 12.9. The molecular formula is C18H26N2. The first-order valence-corrected chi connectivity index (χ1v) is 8.06. The Morgan fingerprint density at radius 3 is 2.85 bits per heavy atom. The van der Waals surface area contributed by atoms with Gasteiger partial charge in [0.1, 0.15) is 0 Å². The van der Waals surface area contributed by atoms with Gasteiger partial charge < -0.3 is 10.3 Å². The molecule has 2 N–H and O–H groups in total. The topological polar surface area (TPSA) is 27.8 Å². The summed E-state index contributed by atoms with van der Waals surface area (Å²) in [5.41, 5.74) is 4.28. The van der Waals surface area contributed by atoms with Crippen LogP contribution < -0.4 is 5.32 Å². The number of fused-ring (bicyclic) bond motifs is 3. The Kier molecular flexibility index (Phi) is 3.84. The van der Waals surface area contributed by atoms with Gasteiger partial charge in [0.2, 0.25) is 0 Å². The van der Waals surface area contributed by atoms with Gasteiger partial charge in [-0.3, -0.25) is 0 Å². The normalized spacial score (nSPS) is 20.3. The lowest BCUT2D eigenvalue weighted by molar-refractivity contribution is 0.322. The van der Waals surface area contributed by atoms with E-state index in [1.54, 1.807) is 5.56 Å². The third kappa shape index (κ3) is 2.37. The summed E-state index contributed by atoms with van der Waals surface area (Å²) in [5, 5.41) is 5.31. The number of benzene rings is 1. The van der Waals surface area contributed by atoms with Gasteiger partial charge in [0, 0.05) is 28.7 Å². The molecule has 0 fully saturated rings. The summed E-state index contributed by atoms with van der Waals surface area (Å²) in [6.45, 7) is 6.92. The lowest BCUT2D eigenvalue weighted by atomic mass is 9.90. The minimum atomic E-state index is 0.499. The highest BCUT2D eigenvalue weighted by molar-refractivity contribution is 5.85. The van der Waals surface area contributed by atoms with E-state index in [9.17, 15) is 0 Å². The fraction of sp³-hybridized carbons (Fsp3) is 0.556. The Labute approximate surface area is 122 Å². The van der Waals surface area contributed by atoms with Crippen molar-refractivity contribution in [2.45, 2.75) is 58.5 Å². The molecule has 0 bridgehead atoms. The van der Waals surface area contributed by atoms with E-state index in [0.717, 1.165) is 0 Å². The van der Waals surface area contributed by atoms with Crippen LogP contribution >= 0.6 is 0 Å². The van der Waals surface area contributed by atoms with Gasteiger partial charge in [0.05, 0.1) is 0 Å². The highest BCUT2D eigenvalue weighted by atomic mass is 15.0. The molecule has 108 valence electrons. The van der Waals surface area contributed by atoms with Crippen molar-refractivity contribution in [2.75, 3.05) is 0 Å². The van der Waals surface area contributed by atoms with Gasteiger partial charge in [-0.1, -0.05) is 39.0 Å². The van der Waals surface area contributed by atoms with Gasteiger partial charge in [0.15, 0.2) is 0 Å². The Bertz CT molecular complexity index is 582. The molecule has 2 unspecified atom stereocenters. The number of aromatic amines is 1. The summed E-state index contributed by atoms with van der Waals surface area (Å²) < 4.78 is 0. The maximum atomic E-state index is 3.89. The fourth-order valence-electron chi connectivity index (χ4n) is 3.62. The maximum Gasteiger partial charge on any atom is 0.0478 e. The molecule has 0 radical (unpaired) electrons. The minimum absolute atomic E-state index is 0.499. The van der Waals surface area contributed by atoms with Crippen LogP contribution in [0.3, 0.4) is 0 Å². The summed E-state index contributed by atoms with van der Waals surface area (Å²) >= 11 is 0. The second-order valence-corrected chi connectivity index (χ2v) is 6.43. The summed E-state index contributed by atoms with van der Waals surface area (Å²) in [6.07, 6.45) is 4.96. The van der Waals surface area contributed by atoms with Crippen molar-refractivity contribution in [3.05, 3.63) is 35.5 Å². The molecule has 0 spiro atoms. The van der Waals surface area contributed by atoms with E-state index in [1.807, 2.05) is 0 Å². The first-order valence-electron chi connectivity index (χ1n) is 8.06. The molecule has 20 heavy (non-hydrogen) atoms. The number of H-pyrrole nitrogens is 1. The van der Waals surface area contributed by atoms with Crippen LogP contribution in [0.5, 0.6) is 0 Å². The van der Waals surface area contributed by atoms with Crippen molar-refractivity contribution in [2.24, 2.45) is 5.92 Å². The van der Waals surface area contributed by atoms with E-state index in [4.69, 9.17) is 0 Å². The standard InChI is InChI=1S/C18H26N2/c1-4-15(12(2)3)19-17-11-7-9-14-13-8-5-6-10-16(13)20-18(14)17/h5-6,8,10,12,15,17,19-20H,4,7,9,11H2,1-3H3. The molecular weight excluding hydrogens is 244 g/mol. The molecule has 3 rings (SSSR count). The second kappa shape index (κ2) is 5.61. The molecule has 0 saturated carbocycles. The lowest BCUT2D eigenvalue weighted by Gasteiger charge is -2.30. The molecule has 1 heterocycles. The molecule has 2 atom stereocenters. The molecule has 0 amide bonds. The number of hydrogen-bond donors (Lipinski definition) is 2. The third-order valence-electron chi connectivity index (χ3n) is 4.77. The molecule has 1 aliphatic carbocycles. The van der Waals surface area contributed by atoms with Crippen molar-refractivity contribution in [3.8, 4) is 0 Å². The lowest BCUT2D eigenvalue weighted by Crippen LogP contribution is -2.37. The van der Waals surface area contributed by atoms with Crippen LogP contribution in [0.2, 0.25) is 0 Å². The summed E-state index contributed by atoms with van der Waals surface area (Å²) in [7, 11) is 0. The van der Waals surface area contributed by atoms with Crippen LogP contribution in [0.1, 0.15) is 57.3 Å². The molecule has 2 aromatic rings. The van der Waals surface area contributed by atoms with Crippen LogP contribution in [0.25, 0.3) is 10.9 Å². The zero-order valence-corrected chi connectivity index (χ0v) is 12.9. The number of hydrogen-bond acceptors (Lipinski definition) is 1. The van der Waals surface area contributed by atoms with Crippen LogP contribution in [0, 0.1) is 5.92 Å². The van der Waals surface area contributed by atoms with E-state index in [2.05, 4.69) is 55.3 Å². The highest BCUT2D eigenvalue weighted by Crippen LogP contribution is 2.35. The van der Waals surface area contributed by atoms with Crippen molar-refractivity contribution >= 4 is 10.9 Å². The van der Waals surface area contributed by atoms with Gasteiger partial charge in [-0.15, -0.1) is 0 Å². The maximum absolute atomic E-state index is 3.89. The van der Waals surface area contributed by atoms with Crippen LogP contribution in [0.4, 0.5) is 0 Å². The van der Waals surface area contributed by atoms with E-state index in [0.29, 0.717) is 18.0 Å². The molecule has 0 saturated heterocycles. The molecule has 1 aromatic carbocycles.